The molecule has 0 fully saturated rings. The van der Waals surface area contributed by atoms with Gasteiger partial charge >= 0.3 is 0 Å². The monoisotopic (exact) mass is 603 g/mol. The number of carbonyl (C=O) groups is 2. The molecule has 0 saturated heterocycles. The lowest BCUT2D eigenvalue weighted by Crippen LogP contribution is -2.52. The van der Waals surface area contributed by atoms with Gasteiger partial charge in [0.1, 0.15) is 12.6 Å². The Morgan fingerprint density at radius 1 is 0.950 bits per heavy atom. The fourth-order valence-corrected chi connectivity index (χ4v) is 5.91. The van der Waals surface area contributed by atoms with Crippen LogP contribution in [0.3, 0.4) is 0 Å². The number of sulfonamides is 1. The molecule has 2 atom stereocenters. The Morgan fingerprint density at radius 3 is 2.23 bits per heavy atom. The summed E-state index contributed by atoms with van der Waals surface area (Å²) in [4.78, 5) is 28.6. The Balaban J connectivity index is 2.08. The van der Waals surface area contributed by atoms with Gasteiger partial charge in [-0.15, -0.1) is 0 Å². The predicted octanol–water partition coefficient (Wildman–Crippen LogP) is 6.14. The summed E-state index contributed by atoms with van der Waals surface area (Å²) in [6.45, 7) is 8.76. The molecule has 2 amide bonds. The molecular weight excluding hydrogens is 569 g/mol. The van der Waals surface area contributed by atoms with E-state index in [0.717, 1.165) is 27.4 Å². The van der Waals surface area contributed by atoms with Crippen molar-refractivity contribution in [3.8, 4) is 0 Å². The molecule has 0 aliphatic rings. The number of benzene rings is 3. The summed E-state index contributed by atoms with van der Waals surface area (Å²) in [5, 5.41) is 3.30. The minimum atomic E-state index is -4.25. The Hall–Kier alpha value is -3.07. The quantitative estimate of drug-likeness (QED) is 0.285. The van der Waals surface area contributed by atoms with E-state index in [1.54, 1.807) is 19.1 Å². The molecule has 3 aromatic carbocycles. The highest BCUT2D eigenvalue weighted by atomic mass is 35.5. The van der Waals surface area contributed by atoms with Gasteiger partial charge in [0.25, 0.3) is 10.0 Å². The van der Waals surface area contributed by atoms with Crippen LogP contribution in [0.4, 0.5) is 5.69 Å². The zero-order chi connectivity index (χ0) is 29.6. The maximum Gasteiger partial charge on any atom is 0.264 e. The number of aryl methyl sites for hydroxylation is 2. The van der Waals surface area contributed by atoms with E-state index in [4.69, 9.17) is 23.2 Å². The van der Waals surface area contributed by atoms with E-state index >= 15 is 0 Å². The highest BCUT2D eigenvalue weighted by Crippen LogP contribution is 2.33. The van der Waals surface area contributed by atoms with E-state index < -0.39 is 28.5 Å². The third kappa shape index (κ3) is 7.56. The van der Waals surface area contributed by atoms with Crippen LogP contribution in [0.5, 0.6) is 0 Å². The van der Waals surface area contributed by atoms with Crippen LogP contribution >= 0.6 is 23.2 Å². The lowest BCUT2D eigenvalue weighted by molar-refractivity contribution is -0.139. The third-order valence-corrected chi connectivity index (χ3v) is 9.16. The van der Waals surface area contributed by atoms with Gasteiger partial charge in [0.05, 0.1) is 15.6 Å². The Bertz CT molecular complexity index is 1460. The number of nitrogens with zero attached hydrogens (tertiary/aromatic N) is 2. The number of anilines is 1. The van der Waals surface area contributed by atoms with Crippen molar-refractivity contribution in [2.45, 2.75) is 64.6 Å². The molecule has 40 heavy (non-hydrogen) atoms. The van der Waals surface area contributed by atoms with Crippen molar-refractivity contribution in [1.82, 2.24) is 10.2 Å². The normalized spacial score (nSPS) is 12.9. The van der Waals surface area contributed by atoms with E-state index in [0.29, 0.717) is 0 Å². The van der Waals surface area contributed by atoms with Crippen molar-refractivity contribution < 1.29 is 18.0 Å². The number of hydrogen-bond acceptors (Lipinski definition) is 4. The standard InChI is InChI=1S/C30H35Cl2N3O4S/c1-6-22(4)33-30(37)23(5)34(18-24-10-8-7-9-21(24)3)29(36)19-35(28-17-25(31)13-16-27(28)32)40(38,39)26-14-11-20(2)12-15-26/h7-17,22-23H,6,18-19H2,1-5H3,(H,33,37)/t22-,23+/m1/s1. The van der Waals surface area contributed by atoms with Crippen LogP contribution in [-0.4, -0.2) is 43.8 Å². The molecule has 3 rings (SSSR count). The molecule has 0 bridgehead atoms. The molecule has 214 valence electrons. The van der Waals surface area contributed by atoms with Gasteiger partial charge in [0.15, 0.2) is 0 Å². The van der Waals surface area contributed by atoms with Gasteiger partial charge < -0.3 is 10.2 Å². The van der Waals surface area contributed by atoms with Crippen molar-refractivity contribution in [3.63, 3.8) is 0 Å². The second kappa shape index (κ2) is 13.5. The highest BCUT2D eigenvalue weighted by Gasteiger charge is 2.34. The van der Waals surface area contributed by atoms with E-state index in [-0.39, 0.29) is 39.1 Å². The van der Waals surface area contributed by atoms with Crippen LogP contribution in [0.25, 0.3) is 0 Å². The van der Waals surface area contributed by atoms with Gasteiger partial charge in [-0.25, -0.2) is 8.42 Å². The number of amides is 2. The van der Waals surface area contributed by atoms with Crippen molar-refractivity contribution in [1.29, 1.82) is 0 Å². The van der Waals surface area contributed by atoms with Gasteiger partial charge in [-0.1, -0.05) is 72.1 Å². The Labute approximate surface area is 247 Å². The zero-order valence-corrected chi connectivity index (χ0v) is 25.6. The van der Waals surface area contributed by atoms with Crippen LogP contribution in [0.2, 0.25) is 10.0 Å². The van der Waals surface area contributed by atoms with Crippen LogP contribution < -0.4 is 9.62 Å². The zero-order valence-electron chi connectivity index (χ0n) is 23.3. The van der Waals surface area contributed by atoms with Gasteiger partial charge in [0, 0.05) is 17.6 Å². The summed E-state index contributed by atoms with van der Waals surface area (Å²) in [6.07, 6.45) is 0.722. The molecule has 0 radical (unpaired) electrons. The van der Waals surface area contributed by atoms with Gasteiger partial charge in [-0.05, 0) is 75.6 Å². The first kappa shape index (κ1) is 31.5. The van der Waals surface area contributed by atoms with Crippen LogP contribution in [0, 0.1) is 13.8 Å². The van der Waals surface area contributed by atoms with Crippen LogP contribution in [0.1, 0.15) is 43.9 Å². The highest BCUT2D eigenvalue weighted by molar-refractivity contribution is 7.92. The van der Waals surface area contributed by atoms with Gasteiger partial charge in [0.2, 0.25) is 11.8 Å². The van der Waals surface area contributed by atoms with Crippen LogP contribution in [-0.2, 0) is 26.2 Å². The largest absolute Gasteiger partial charge is 0.352 e. The van der Waals surface area contributed by atoms with E-state index in [1.165, 1.54) is 35.2 Å². The van der Waals surface area contributed by atoms with Crippen LogP contribution in [0.15, 0.2) is 71.6 Å². The number of rotatable bonds is 11. The number of carbonyl (C=O) groups excluding carboxylic acids is 2. The van der Waals surface area contributed by atoms with Crippen molar-refractivity contribution in [3.05, 3.63) is 93.5 Å². The topological polar surface area (TPSA) is 86.8 Å². The fraction of sp³-hybridized carbons (Fsp3) is 0.333. The molecule has 3 aromatic rings. The number of halogens is 2. The minimum absolute atomic E-state index is 0.00467. The average molecular weight is 605 g/mol. The summed E-state index contributed by atoms with van der Waals surface area (Å²) in [5.74, 6) is -0.896. The molecule has 0 aliphatic carbocycles. The second-order valence-electron chi connectivity index (χ2n) is 9.86. The number of nitrogens with one attached hydrogen (secondary N) is 1. The molecule has 0 saturated carbocycles. The first-order chi connectivity index (χ1) is 18.8. The molecule has 7 nitrogen and oxygen atoms in total. The maximum atomic E-state index is 14.0. The summed E-state index contributed by atoms with van der Waals surface area (Å²) in [6, 6.07) is 17.3. The first-order valence-corrected chi connectivity index (χ1v) is 15.2. The maximum absolute atomic E-state index is 14.0. The Morgan fingerprint density at radius 2 is 1.60 bits per heavy atom. The molecule has 0 aliphatic heterocycles. The van der Waals surface area contributed by atoms with E-state index in [1.807, 2.05) is 52.0 Å². The molecule has 10 heteroatoms. The molecule has 0 heterocycles. The molecule has 0 aromatic heterocycles. The molecule has 0 spiro atoms. The predicted molar refractivity (Wildman–Crippen MR) is 161 cm³/mol. The lowest BCUT2D eigenvalue weighted by Gasteiger charge is -2.33. The lowest BCUT2D eigenvalue weighted by atomic mass is 10.1. The summed E-state index contributed by atoms with van der Waals surface area (Å²) >= 11 is 12.7. The second-order valence-corrected chi connectivity index (χ2v) is 12.6. The van der Waals surface area contributed by atoms with Crippen molar-refractivity contribution in [2.75, 3.05) is 10.8 Å². The average Bonchev–Trinajstić information content (AvgIpc) is 2.92. The summed E-state index contributed by atoms with van der Waals surface area (Å²) < 4.78 is 28.8. The molecule has 1 N–H and O–H groups in total. The molecular formula is C30H35Cl2N3O4S. The van der Waals surface area contributed by atoms with Gasteiger partial charge in [-0.2, -0.15) is 0 Å². The summed E-state index contributed by atoms with van der Waals surface area (Å²) in [5.41, 5.74) is 2.73. The third-order valence-electron chi connectivity index (χ3n) is 6.83. The van der Waals surface area contributed by atoms with Crippen molar-refractivity contribution >= 4 is 50.7 Å². The van der Waals surface area contributed by atoms with Crippen molar-refractivity contribution in [2.24, 2.45) is 0 Å². The van der Waals surface area contributed by atoms with Gasteiger partial charge in [-0.3, -0.25) is 13.9 Å². The first-order valence-electron chi connectivity index (χ1n) is 13.0. The summed E-state index contributed by atoms with van der Waals surface area (Å²) in [7, 11) is -4.25. The van der Waals surface area contributed by atoms with E-state index in [2.05, 4.69) is 5.32 Å². The Kier molecular flexibility index (Phi) is 10.6. The number of hydrogen-bond donors (Lipinski definition) is 1. The molecule has 0 unspecified atom stereocenters. The van der Waals surface area contributed by atoms with E-state index in [9.17, 15) is 18.0 Å². The minimum Gasteiger partial charge on any atom is -0.352 e. The fourth-order valence-electron chi connectivity index (χ4n) is 4.05. The smallest absolute Gasteiger partial charge is 0.264 e. The SMILES string of the molecule is CC[C@@H](C)NC(=O)[C@H](C)N(Cc1ccccc1C)C(=O)CN(c1cc(Cl)ccc1Cl)S(=O)(=O)c1ccc(C)cc1.